The van der Waals surface area contributed by atoms with E-state index in [0.717, 1.165) is 5.82 Å². The maximum Gasteiger partial charge on any atom is 0.254 e. The van der Waals surface area contributed by atoms with Crippen molar-refractivity contribution in [2.75, 3.05) is 12.0 Å². The first kappa shape index (κ1) is 13.9. The molecule has 106 valence electrons. The molecule has 2 rings (SSSR count). The number of nitrogens with two attached hydrogens (primary N) is 1. The number of amides is 1. The molecule has 0 aliphatic rings. The molecule has 2 heterocycles. The molecule has 0 spiro atoms. The Hall–Kier alpha value is -2.55. The molecule has 0 fully saturated rings. The normalized spacial score (nSPS) is 10.3. The molecule has 0 saturated heterocycles. The largest absolute Gasteiger partial charge is 0.351 e. The highest BCUT2D eigenvalue weighted by Crippen LogP contribution is 2.13. The highest BCUT2D eigenvalue weighted by Gasteiger charge is 2.15. The molecule has 9 heteroatoms. The van der Waals surface area contributed by atoms with Gasteiger partial charge in [-0.15, -0.1) is 10.2 Å². The summed E-state index contributed by atoms with van der Waals surface area (Å²) in [5.74, 6) is 4.33. The minimum absolute atomic E-state index is 0.120. The van der Waals surface area contributed by atoms with Gasteiger partial charge in [0.1, 0.15) is 12.2 Å². The van der Waals surface area contributed by atoms with Crippen molar-refractivity contribution in [1.29, 1.82) is 0 Å². The average molecular weight is 279 g/mol. The molecule has 0 aromatic carbocycles. The van der Waals surface area contributed by atoms with Gasteiger partial charge in [-0.3, -0.25) is 4.79 Å². The lowest BCUT2D eigenvalue weighted by Gasteiger charge is -2.07. The topological polar surface area (TPSA) is 111 Å². The smallest absolute Gasteiger partial charge is 0.254 e. The monoisotopic (exact) mass is 279 g/mol. The van der Waals surface area contributed by atoms with Crippen molar-refractivity contribution in [2.24, 2.45) is 12.9 Å². The van der Waals surface area contributed by atoms with Gasteiger partial charge in [0, 0.05) is 26.2 Å². The van der Waals surface area contributed by atoms with Crippen LogP contribution in [-0.2, 0) is 13.5 Å². The first-order valence-electron chi connectivity index (χ1n) is 5.85. The molecular formula is C11H14FN7O. The summed E-state index contributed by atoms with van der Waals surface area (Å²) in [6.45, 7) is 0.318. The third kappa shape index (κ3) is 2.88. The third-order valence-corrected chi connectivity index (χ3v) is 2.71. The number of pyridine rings is 1. The van der Waals surface area contributed by atoms with Gasteiger partial charge in [-0.2, -0.15) is 0 Å². The van der Waals surface area contributed by atoms with Crippen molar-refractivity contribution >= 4 is 11.7 Å². The second kappa shape index (κ2) is 6.06. The summed E-state index contributed by atoms with van der Waals surface area (Å²) in [4.78, 5) is 15.5. The van der Waals surface area contributed by atoms with Crippen molar-refractivity contribution < 1.29 is 9.18 Å². The first-order chi connectivity index (χ1) is 9.63. The van der Waals surface area contributed by atoms with Gasteiger partial charge >= 0.3 is 0 Å². The first-order valence-corrected chi connectivity index (χ1v) is 5.85. The van der Waals surface area contributed by atoms with Gasteiger partial charge in [-0.05, 0) is 6.07 Å². The fourth-order valence-electron chi connectivity index (χ4n) is 1.64. The maximum atomic E-state index is 13.8. The molecule has 4 N–H and O–H groups in total. The van der Waals surface area contributed by atoms with Crippen LogP contribution in [0.25, 0.3) is 0 Å². The Labute approximate surface area is 114 Å². The fourth-order valence-corrected chi connectivity index (χ4v) is 1.64. The van der Waals surface area contributed by atoms with E-state index >= 15 is 0 Å². The van der Waals surface area contributed by atoms with Crippen LogP contribution in [0.5, 0.6) is 0 Å². The van der Waals surface area contributed by atoms with Gasteiger partial charge in [-0.1, -0.05) is 0 Å². The second-order valence-electron chi connectivity index (χ2n) is 4.03. The van der Waals surface area contributed by atoms with Gasteiger partial charge in [0.05, 0.1) is 5.56 Å². The number of aromatic nitrogens is 4. The van der Waals surface area contributed by atoms with Crippen LogP contribution in [0.1, 0.15) is 16.2 Å². The predicted octanol–water partition coefficient (Wildman–Crippen LogP) is -0.393. The summed E-state index contributed by atoms with van der Waals surface area (Å²) in [7, 11) is 1.80. The molecular weight excluding hydrogens is 265 g/mol. The van der Waals surface area contributed by atoms with Crippen molar-refractivity contribution in [2.45, 2.75) is 6.42 Å². The Morgan fingerprint density at radius 3 is 3.00 bits per heavy atom. The summed E-state index contributed by atoms with van der Waals surface area (Å²) in [6.07, 6.45) is 3.37. The average Bonchev–Trinajstić information content (AvgIpc) is 2.84. The number of rotatable bonds is 5. The number of anilines is 1. The van der Waals surface area contributed by atoms with Gasteiger partial charge in [0.2, 0.25) is 0 Å². The predicted molar refractivity (Wildman–Crippen MR) is 69.0 cm³/mol. The zero-order valence-corrected chi connectivity index (χ0v) is 10.8. The molecule has 0 aliphatic heterocycles. The minimum Gasteiger partial charge on any atom is -0.351 e. The fraction of sp³-hybridized carbons (Fsp3) is 0.273. The van der Waals surface area contributed by atoms with Crippen LogP contribution in [0.15, 0.2) is 18.6 Å². The quantitative estimate of drug-likeness (QED) is 0.507. The number of hydrogen-bond donors (Lipinski definition) is 3. The maximum absolute atomic E-state index is 13.8. The standard InChI is InChI=1S/C11H14FN7O/c1-19-6-16-18-8(19)3-5-15-11(20)7-2-4-14-10(17-13)9(7)12/h2,4,6H,3,5,13H2,1H3,(H,14,17)(H,15,20). The minimum atomic E-state index is -0.786. The van der Waals surface area contributed by atoms with Crippen molar-refractivity contribution in [3.8, 4) is 0 Å². The Morgan fingerprint density at radius 1 is 1.55 bits per heavy atom. The van der Waals surface area contributed by atoms with E-state index < -0.39 is 11.7 Å². The van der Waals surface area contributed by atoms with E-state index in [1.807, 2.05) is 0 Å². The number of carbonyl (C=O) groups excluding carboxylic acids is 1. The molecule has 0 bridgehead atoms. The van der Waals surface area contributed by atoms with E-state index in [1.165, 1.54) is 12.3 Å². The van der Waals surface area contributed by atoms with E-state index in [0.29, 0.717) is 13.0 Å². The number of nitrogen functional groups attached to an aromatic ring is 1. The Kier molecular flexibility index (Phi) is 4.20. The van der Waals surface area contributed by atoms with Crippen LogP contribution in [0, 0.1) is 5.82 Å². The number of halogens is 1. The zero-order valence-electron chi connectivity index (χ0n) is 10.8. The lowest BCUT2D eigenvalue weighted by molar-refractivity contribution is 0.0950. The van der Waals surface area contributed by atoms with E-state index in [4.69, 9.17) is 5.84 Å². The van der Waals surface area contributed by atoms with Crippen LogP contribution in [0.2, 0.25) is 0 Å². The van der Waals surface area contributed by atoms with E-state index in [1.54, 1.807) is 17.9 Å². The third-order valence-electron chi connectivity index (χ3n) is 2.71. The summed E-state index contributed by atoms with van der Waals surface area (Å²) in [6, 6.07) is 1.29. The summed E-state index contributed by atoms with van der Waals surface area (Å²) in [5.41, 5.74) is 1.97. The Morgan fingerprint density at radius 2 is 2.35 bits per heavy atom. The molecule has 0 aliphatic carbocycles. The zero-order chi connectivity index (χ0) is 14.5. The molecule has 8 nitrogen and oxygen atoms in total. The Bertz CT molecular complexity index is 613. The molecule has 2 aromatic rings. The van der Waals surface area contributed by atoms with Gasteiger partial charge < -0.3 is 15.3 Å². The number of nitrogens with one attached hydrogen (secondary N) is 2. The Balaban J connectivity index is 1.97. The highest BCUT2D eigenvalue weighted by molar-refractivity contribution is 5.95. The van der Waals surface area contributed by atoms with Crippen molar-refractivity contribution in [1.82, 2.24) is 25.1 Å². The number of aryl methyl sites for hydroxylation is 1. The lowest BCUT2D eigenvalue weighted by atomic mass is 10.2. The second-order valence-corrected chi connectivity index (χ2v) is 4.03. The molecule has 0 saturated carbocycles. The van der Waals surface area contributed by atoms with Crippen LogP contribution in [-0.4, -0.2) is 32.2 Å². The van der Waals surface area contributed by atoms with Crippen LogP contribution in [0.4, 0.5) is 10.2 Å². The van der Waals surface area contributed by atoms with Crippen molar-refractivity contribution in [3.05, 3.63) is 35.8 Å². The number of hydrogen-bond acceptors (Lipinski definition) is 6. The summed E-state index contributed by atoms with van der Waals surface area (Å²) >= 11 is 0. The van der Waals surface area contributed by atoms with Crippen LogP contribution >= 0.6 is 0 Å². The van der Waals surface area contributed by atoms with Gasteiger partial charge in [-0.25, -0.2) is 15.2 Å². The molecule has 2 aromatic heterocycles. The number of hydrazine groups is 1. The van der Waals surface area contributed by atoms with Gasteiger partial charge in [0.25, 0.3) is 5.91 Å². The SMILES string of the molecule is Cn1cnnc1CCNC(=O)c1ccnc(NN)c1F. The number of nitrogens with zero attached hydrogens (tertiary/aromatic N) is 4. The summed E-state index contributed by atoms with van der Waals surface area (Å²) < 4.78 is 15.5. The number of carbonyl (C=O) groups is 1. The van der Waals surface area contributed by atoms with Crippen LogP contribution in [0.3, 0.4) is 0 Å². The lowest BCUT2D eigenvalue weighted by Crippen LogP contribution is -2.27. The van der Waals surface area contributed by atoms with E-state index in [2.05, 4.69) is 25.9 Å². The molecule has 0 atom stereocenters. The molecule has 1 amide bonds. The van der Waals surface area contributed by atoms with Crippen molar-refractivity contribution in [3.63, 3.8) is 0 Å². The van der Waals surface area contributed by atoms with Gasteiger partial charge in [0.15, 0.2) is 11.6 Å². The van der Waals surface area contributed by atoms with E-state index in [-0.39, 0.29) is 11.4 Å². The molecule has 0 radical (unpaired) electrons. The van der Waals surface area contributed by atoms with Crippen LogP contribution < -0.4 is 16.6 Å². The summed E-state index contributed by atoms with van der Waals surface area (Å²) in [5, 5.41) is 10.2. The van der Waals surface area contributed by atoms with E-state index in [9.17, 15) is 9.18 Å². The highest BCUT2D eigenvalue weighted by atomic mass is 19.1. The molecule has 20 heavy (non-hydrogen) atoms. The molecule has 0 unspecified atom stereocenters.